The number of unbranched alkanes of at least 4 members (excludes halogenated alkanes) is 1. The van der Waals surface area contributed by atoms with E-state index in [9.17, 15) is 0 Å². The van der Waals surface area contributed by atoms with E-state index < -0.39 is 5.09 Å². The molecule has 0 bridgehead atoms. The number of nitrogens with one attached hydrogen (secondary N) is 3. The first-order valence-electron chi connectivity index (χ1n) is 6.16. The molecule has 6 N–H and O–H groups in total. The summed E-state index contributed by atoms with van der Waals surface area (Å²) in [5, 5.41) is 26.3. The molecule has 0 amide bonds. The van der Waals surface area contributed by atoms with Crippen molar-refractivity contribution >= 4 is 11.9 Å². The lowest BCUT2D eigenvalue weighted by atomic mass is 10.4. The first-order chi connectivity index (χ1) is 9.43. The Labute approximate surface area is 118 Å². The molecule has 0 aliphatic carbocycles. The van der Waals surface area contributed by atoms with Crippen LogP contribution < -0.4 is 16.4 Å². The van der Waals surface area contributed by atoms with Crippen LogP contribution in [0.5, 0.6) is 0 Å². The molecule has 0 aromatic rings. The molecule has 0 saturated carbocycles. The van der Waals surface area contributed by atoms with Gasteiger partial charge in [-0.25, -0.2) is 0 Å². The molecular weight excluding hydrogens is 268 g/mol. The molecule has 0 aromatic heterocycles. The predicted molar refractivity (Wildman–Crippen MR) is 75.5 cm³/mol. The Hall–Kier alpha value is -2.10. The quantitative estimate of drug-likeness (QED) is 0.144. The highest BCUT2D eigenvalue weighted by Crippen LogP contribution is 1.88. The van der Waals surface area contributed by atoms with Crippen LogP contribution >= 0.6 is 0 Å². The van der Waals surface area contributed by atoms with Crippen molar-refractivity contribution in [2.45, 2.75) is 26.2 Å². The molecule has 0 rings (SSSR count). The van der Waals surface area contributed by atoms with Crippen molar-refractivity contribution in [3.05, 3.63) is 10.1 Å². The van der Waals surface area contributed by atoms with E-state index in [4.69, 9.17) is 31.2 Å². The SMILES string of the molecule is CCCCOCCCNC(=NC)NC(=N)N.O=[N+]([O-])O. The Morgan fingerprint density at radius 1 is 1.50 bits per heavy atom. The minimum absolute atomic E-state index is 0.118. The number of hydrogen-bond donors (Lipinski definition) is 5. The second-order valence-corrected chi connectivity index (χ2v) is 3.59. The Kier molecular flexibility index (Phi) is 15.1. The van der Waals surface area contributed by atoms with Crippen molar-refractivity contribution in [1.82, 2.24) is 10.6 Å². The minimum atomic E-state index is -1.50. The largest absolute Gasteiger partial charge is 0.381 e. The van der Waals surface area contributed by atoms with Crippen LogP contribution in [-0.4, -0.2) is 49.0 Å². The average molecular weight is 292 g/mol. The summed E-state index contributed by atoms with van der Waals surface area (Å²) in [6, 6.07) is 0. The van der Waals surface area contributed by atoms with Crippen molar-refractivity contribution in [2.24, 2.45) is 10.7 Å². The van der Waals surface area contributed by atoms with E-state index in [2.05, 4.69) is 22.5 Å². The monoisotopic (exact) mass is 292 g/mol. The van der Waals surface area contributed by atoms with E-state index in [0.717, 1.165) is 39.0 Å². The zero-order valence-electron chi connectivity index (χ0n) is 11.9. The van der Waals surface area contributed by atoms with Crippen LogP contribution in [0.15, 0.2) is 4.99 Å². The summed E-state index contributed by atoms with van der Waals surface area (Å²) in [4.78, 5) is 12.3. The molecular formula is C10H24N6O4. The molecule has 10 nitrogen and oxygen atoms in total. The highest BCUT2D eigenvalue weighted by atomic mass is 16.9. The molecule has 0 aliphatic heterocycles. The number of ether oxygens (including phenoxy) is 1. The molecule has 0 saturated heterocycles. The lowest BCUT2D eigenvalue weighted by Gasteiger charge is -2.10. The minimum Gasteiger partial charge on any atom is -0.381 e. The van der Waals surface area contributed by atoms with Crippen molar-refractivity contribution in [3.8, 4) is 0 Å². The van der Waals surface area contributed by atoms with Crippen LogP contribution in [0.3, 0.4) is 0 Å². The molecule has 10 heteroatoms. The third kappa shape index (κ3) is 21.2. The van der Waals surface area contributed by atoms with Gasteiger partial charge in [0.2, 0.25) is 0 Å². The van der Waals surface area contributed by atoms with Gasteiger partial charge in [-0.15, -0.1) is 10.1 Å². The van der Waals surface area contributed by atoms with Crippen molar-refractivity contribution < 1.29 is 15.0 Å². The van der Waals surface area contributed by atoms with Gasteiger partial charge in [-0.05, 0) is 12.8 Å². The summed E-state index contributed by atoms with van der Waals surface area (Å²) in [5.41, 5.74) is 5.18. The zero-order chi connectivity index (χ0) is 15.8. The second-order valence-electron chi connectivity index (χ2n) is 3.59. The van der Waals surface area contributed by atoms with Gasteiger partial charge in [-0.3, -0.25) is 15.7 Å². The van der Waals surface area contributed by atoms with Crippen LogP contribution in [0.1, 0.15) is 26.2 Å². The van der Waals surface area contributed by atoms with Crippen molar-refractivity contribution in [1.29, 1.82) is 5.41 Å². The number of guanidine groups is 2. The van der Waals surface area contributed by atoms with Gasteiger partial charge in [-0.2, -0.15) is 0 Å². The third-order valence-corrected chi connectivity index (χ3v) is 1.88. The van der Waals surface area contributed by atoms with E-state index in [1.165, 1.54) is 0 Å². The second kappa shape index (κ2) is 15.0. The predicted octanol–water partition coefficient (Wildman–Crippen LogP) is -0.0960. The van der Waals surface area contributed by atoms with Crippen LogP contribution in [0.2, 0.25) is 0 Å². The standard InChI is InChI=1S/C10H23N5O.HNO3/c1-3-4-7-16-8-5-6-14-10(13-2)15-9(11)12;2-1(3)4/h3-8H2,1-2H3,(H5,11,12,13,14,15);(H,2,3,4). The highest BCUT2D eigenvalue weighted by molar-refractivity contribution is 5.96. The number of rotatable bonds is 7. The van der Waals surface area contributed by atoms with Crippen molar-refractivity contribution in [2.75, 3.05) is 26.8 Å². The van der Waals surface area contributed by atoms with E-state index in [-0.39, 0.29) is 5.96 Å². The Balaban J connectivity index is 0. The molecule has 118 valence electrons. The third-order valence-electron chi connectivity index (χ3n) is 1.88. The smallest absolute Gasteiger partial charge is 0.291 e. The van der Waals surface area contributed by atoms with E-state index in [0.29, 0.717) is 5.96 Å². The fraction of sp³-hybridized carbons (Fsp3) is 0.800. The number of nitrogens with two attached hydrogens (primary N) is 1. The number of hydrogen-bond acceptors (Lipinski definition) is 5. The van der Waals surface area contributed by atoms with Gasteiger partial charge in [0.05, 0.1) is 0 Å². The maximum atomic E-state index is 8.36. The zero-order valence-corrected chi connectivity index (χ0v) is 11.9. The maximum absolute atomic E-state index is 8.36. The van der Waals surface area contributed by atoms with Gasteiger partial charge < -0.3 is 21.0 Å². The molecule has 0 aliphatic rings. The maximum Gasteiger partial charge on any atom is 0.291 e. The van der Waals surface area contributed by atoms with Crippen LogP contribution in [0, 0.1) is 15.5 Å². The Morgan fingerprint density at radius 3 is 2.50 bits per heavy atom. The summed E-state index contributed by atoms with van der Waals surface area (Å²) >= 11 is 0. The van der Waals surface area contributed by atoms with Gasteiger partial charge in [0.15, 0.2) is 11.9 Å². The van der Waals surface area contributed by atoms with Gasteiger partial charge in [0.1, 0.15) is 0 Å². The number of nitrogens with zero attached hydrogens (tertiary/aromatic N) is 2. The first-order valence-corrected chi connectivity index (χ1v) is 6.16. The van der Waals surface area contributed by atoms with Gasteiger partial charge >= 0.3 is 0 Å². The summed E-state index contributed by atoms with van der Waals surface area (Å²) in [6.07, 6.45) is 3.18. The Bertz CT molecular complexity index is 293. The summed E-state index contributed by atoms with van der Waals surface area (Å²) in [7, 11) is 1.63. The lowest BCUT2D eigenvalue weighted by molar-refractivity contribution is -0.742. The molecule has 0 unspecified atom stereocenters. The van der Waals surface area contributed by atoms with E-state index in [1.807, 2.05) is 0 Å². The molecule has 0 spiro atoms. The van der Waals surface area contributed by atoms with E-state index >= 15 is 0 Å². The molecule has 20 heavy (non-hydrogen) atoms. The molecule has 0 aromatic carbocycles. The van der Waals surface area contributed by atoms with E-state index in [1.54, 1.807) is 7.05 Å². The molecule has 0 radical (unpaired) electrons. The number of aliphatic imine (C=N–C) groups is 1. The van der Waals surface area contributed by atoms with Gasteiger partial charge in [-0.1, -0.05) is 13.3 Å². The molecule has 0 atom stereocenters. The lowest BCUT2D eigenvalue weighted by Crippen LogP contribution is -2.44. The summed E-state index contributed by atoms with van der Waals surface area (Å²) in [5.74, 6) is 0.397. The van der Waals surface area contributed by atoms with Crippen molar-refractivity contribution in [3.63, 3.8) is 0 Å². The van der Waals surface area contributed by atoms with Crippen LogP contribution in [0.4, 0.5) is 0 Å². The van der Waals surface area contributed by atoms with Gasteiger partial charge in [0.25, 0.3) is 5.09 Å². The fourth-order valence-corrected chi connectivity index (χ4v) is 1.04. The summed E-state index contributed by atoms with van der Waals surface area (Å²) in [6.45, 7) is 4.46. The summed E-state index contributed by atoms with van der Waals surface area (Å²) < 4.78 is 5.40. The fourth-order valence-electron chi connectivity index (χ4n) is 1.04. The molecule has 0 heterocycles. The first kappa shape index (κ1) is 20.2. The van der Waals surface area contributed by atoms with Gasteiger partial charge in [0, 0.05) is 26.8 Å². The highest BCUT2D eigenvalue weighted by Gasteiger charge is 1.97. The molecule has 0 fully saturated rings. The van der Waals surface area contributed by atoms with Crippen LogP contribution in [0.25, 0.3) is 0 Å². The Morgan fingerprint density at radius 2 is 2.05 bits per heavy atom. The average Bonchev–Trinajstić information content (AvgIpc) is 2.35. The van der Waals surface area contributed by atoms with Crippen LogP contribution in [-0.2, 0) is 4.74 Å². The normalized spacial score (nSPS) is 10.2. The topological polar surface area (TPSA) is 159 Å².